The Morgan fingerprint density at radius 2 is 2.50 bits per heavy atom. The first kappa shape index (κ1) is 9.93. The summed E-state index contributed by atoms with van der Waals surface area (Å²) in [7, 11) is 1.63. The highest BCUT2D eigenvalue weighted by Crippen LogP contribution is 2.31. The van der Waals surface area contributed by atoms with Gasteiger partial charge in [0.25, 0.3) is 0 Å². The highest BCUT2D eigenvalue weighted by Gasteiger charge is 2.37. The van der Waals surface area contributed by atoms with Crippen LogP contribution >= 0.6 is 15.9 Å². The molecule has 68 valence electrons. The molecule has 1 aliphatic rings. The SMILES string of the molecule is COCC1(C)CC=CC(Br)C1=O. The molecule has 0 aliphatic heterocycles. The fraction of sp³-hybridized carbons (Fsp3) is 0.667. The molecule has 0 saturated carbocycles. The number of rotatable bonds is 2. The Hall–Kier alpha value is -0.150. The number of carbonyl (C=O) groups is 1. The van der Waals surface area contributed by atoms with Crippen molar-refractivity contribution in [1.82, 2.24) is 0 Å². The van der Waals surface area contributed by atoms with Gasteiger partial charge in [0.05, 0.1) is 16.8 Å². The maximum Gasteiger partial charge on any atom is 0.158 e. The summed E-state index contributed by atoms with van der Waals surface area (Å²) in [6.07, 6.45) is 4.70. The third kappa shape index (κ3) is 1.77. The van der Waals surface area contributed by atoms with Crippen molar-refractivity contribution in [3.63, 3.8) is 0 Å². The average Bonchev–Trinajstić information content (AvgIpc) is 2.01. The minimum Gasteiger partial charge on any atom is -0.384 e. The van der Waals surface area contributed by atoms with E-state index in [1.165, 1.54) is 0 Å². The first-order chi connectivity index (χ1) is 5.60. The Bertz CT molecular complexity index is 213. The summed E-state index contributed by atoms with van der Waals surface area (Å²) in [5.74, 6) is 0.215. The zero-order valence-corrected chi connectivity index (χ0v) is 8.93. The van der Waals surface area contributed by atoms with Gasteiger partial charge in [0.2, 0.25) is 0 Å². The third-order valence-corrected chi connectivity index (χ3v) is 2.90. The molecule has 0 fully saturated rings. The zero-order chi connectivity index (χ0) is 9.19. The van der Waals surface area contributed by atoms with Crippen LogP contribution in [-0.4, -0.2) is 24.3 Å². The van der Waals surface area contributed by atoms with Gasteiger partial charge in [-0.15, -0.1) is 0 Å². The van der Waals surface area contributed by atoms with E-state index in [0.717, 1.165) is 6.42 Å². The van der Waals surface area contributed by atoms with Gasteiger partial charge < -0.3 is 4.74 Å². The van der Waals surface area contributed by atoms with Crippen LogP contribution in [0.15, 0.2) is 12.2 Å². The molecule has 0 amide bonds. The Morgan fingerprint density at radius 3 is 3.08 bits per heavy atom. The van der Waals surface area contributed by atoms with Crippen molar-refractivity contribution < 1.29 is 9.53 Å². The van der Waals surface area contributed by atoms with Crippen LogP contribution in [0.5, 0.6) is 0 Å². The van der Waals surface area contributed by atoms with Gasteiger partial charge in [-0.1, -0.05) is 35.0 Å². The van der Waals surface area contributed by atoms with E-state index in [-0.39, 0.29) is 16.0 Å². The Kier molecular flexibility index (Phi) is 3.07. The van der Waals surface area contributed by atoms with Crippen molar-refractivity contribution in [1.29, 1.82) is 0 Å². The summed E-state index contributed by atoms with van der Waals surface area (Å²) in [6, 6.07) is 0. The minimum atomic E-state index is -0.336. The predicted octanol–water partition coefficient (Wildman–Crippen LogP) is 1.93. The molecule has 0 bridgehead atoms. The summed E-state index contributed by atoms with van der Waals surface area (Å²) in [5, 5.41) is 0. The topological polar surface area (TPSA) is 26.3 Å². The molecule has 0 radical (unpaired) electrons. The monoisotopic (exact) mass is 232 g/mol. The number of halogens is 1. The maximum absolute atomic E-state index is 11.7. The smallest absolute Gasteiger partial charge is 0.158 e. The average molecular weight is 233 g/mol. The second-order valence-electron chi connectivity index (χ2n) is 3.39. The summed E-state index contributed by atoms with van der Waals surface area (Å²) in [6.45, 7) is 2.44. The van der Waals surface area contributed by atoms with Crippen LogP contribution in [0.3, 0.4) is 0 Å². The summed E-state index contributed by atoms with van der Waals surface area (Å²) >= 11 is 3.31. The van der Waals surface area contributed by atoms with Crippen molar-refractivity contribution in [2.24, 2.45) is 5.41 Å². The highest BCUT2D eigenvalue weighted by atomic mass is 79.9. The van der Waals surface area contributed by atoms with Gasteiger partial charge in [-0.2, -0.15) is 0 Å². The Balaban J connectivity index is 2.78. The molecule has 0 spiro atoms. The van der Waals surface area contributed by atoms with Crippen LogP contribution < -0.4 is 0 Å². The van der Waals surface area contributed by atoms with Crippen LogP contribution in [-0.2, 0) is 9.53 Å². The molecule has 0 N–H and O–H groups in total. The molecule has 1 aliphatic carbocycles. The quantitative estimate of drug-likeness (QED) is 0.538. The lowest BCUT2D eigenvalue weighted by Gasteiger charge is -2.30. The standard InChI is InChI=1S/C9H13BrO2/c1-9(6-12-2)5-3-4-7(10)8(9)11/h3-4,7H,5-6H2,1-2H3. The van der Waals surface area contributed by atoms with Crippen LogP contribution in [0, 0.1) is 5.41 Å². The number of hydrogen-bond donors (Lipinski definition) is 0. The Labute approximate surface area is 81.1 Å². The fourth-order valence-electron chi connectivity index (χ4n) is 1.42. The Morgan fingerprint density at radius 1 is 1.83 bits per heavy atom. The largest absolute Gasteiger partial charge is 0.384 e. The number of Topliss-reactive ketones (excluding diaryl/α,β-unsaturated/α-hetero) is 1. The van der Waals surface area contributed by atoms with Crippen LogP contribution in [0.1, 0.15) is 13.3 Å². The molecule has 0 saturated heterocycles. The second kappa shape index (κ2) is 3.71. The maximum atomic E-state index is 11.7. The van der Waals surface area contributed by atoms with E-state index in [1.807, 2.05) is 19.1 Å². The lowest BCUT2D eigenvalue weighted by molar-refractivity contribution is -0.129. The van der Waals surface area contributed by atoms with Crippen LogP contribution in [0.4, 0.5) is 0 Å². The van der Waals surface area contributed by atoms with Gasteiger partial charge in [0, 0.05) is 7.11 Å². The first-order valence-corrected chi connectivity index (χ1v) is 4.86. The molecule has 2 atom stereocenters. The molecule has 1 rings (SSSR count). The van der Waals surface area contributed by atoms with E-state index < -0.39 is 0 Å². The van der Waals surface area contributed by atoms with Gasteiger partial charge in [-0.05, 0) is 6.42 Å². The van der Waals surface area contributed by atoms with Crippen molar-refractivity contribution in [3.05, 3.63) is 12.2 Å². The fourth-order valence-corrected chi connectivity index (χ4v) is 2.19. The molecule has 0 aromatic rings. The number of ketones is 1. The number of ether oxygens (including phenoxy) is 1. The van der Waals surface area contributed by atoms with E-state index in [4.69, 9.17) is 4.74 Å². The molecule has 2 nitrogen and oxygen atoms in total. The van der Waals surface area contributed by atoms with Gasteiger partial charge in [-0.3, -0.25) is 4.79 Å². The normalized spacial score (nSPS) is 35.6. The molecule has 0 aromatic carbocycles. The van der Waals surface area contributed by atoms with Crippen molar-refractivity contribution >= 4 is 21.7 Å². The van der Waals surface area contributed by atoms with Gasteiger partial charge in [0.15, 0.2) is 5.78 Å². The van der Waals surface area contributed by atoms with Crippen molar-refractivity contribution in [3.8, 4) is 0 Å². The van der Waals surface area contributed by atoms with Gasteiger partial charge in [-0.25, -0.2) is 0 Å². The molecule has 3 heteroatoms. The second-order valence-corrected chi connectivity index (χ2v) is 4.38. The van der Waals surface area contributed by atoms with E-state index in [0.29, 0.717) is 6.61 Å². The highest BCUT2D eigenvalue weighted by molar-refractivity contribution is 9.10. The molecule has 0 heterocycles. The number of carbonyl (C=O) groups excluding carboxylic acids is 1. The zero-order valence-electron chi connectivity index (χ0n) is 7.34. The number of alkyl halides is 1. The van der Waals surface area contributed by atoms with E-state index in [9.17, 15) is 4.79 Å². The van der Waals surface area contributed by atoms with Crippen LogP contribution in [0.2, 0.25) is 0 Å². The summed E-state index contributed by atoms with van der Waals surface area (Å²) in [4.78, 5) is 11.5. The predicted molar refractivity (Wildman–Crippen MR) is 51.5 cm³/mol. The lowest BCUT2D eigenvalue weighted by Crippen LogP contribution is -2.39. The summed E-state index contributed by atoms with van der Waals surface area (Å²) in [5.41, 5.74) is -0.336. The molecular weight excluding hydrogens is 220 g/mol. The molecule has 12 heavy (non-hydrogen) atoms. The van der Waals surface area contributed by atoms with E-state index in [1.54, 1.807) is 7.11 Å². The van der Waals surface area contributed by atoms with Crippen LogP contribution in [0.25, 0.3) is 0 Å². The van der Waals surface area contributed by atoms with E-state index >= 15 is 0 Å². The van der Waals surface area contributed by atoms with Gasteiger partial charge in [0.1, 0.15) is 0 Å². The molecule has 0 aromatic heterocycles. The van der Waals surface area contributed by atoms with E-state index in [2.05, 4.69) is 15.9 Å². The summed E-state index contributed by atoms with van der Waals surface area (Å²) < 4.78 is 5.03. The first-order valence-electron chi connectivity index (χ1n) is 3.94. The minimum absolute atomic E-state index is 0.133. The molecular formula is C9H13BrO2. The molecule has 2 unspecified atom stereocenters. The number of hydrogen-bond acceptors (Lipinski definition) is 2. The lowest BCUT2D eigenvalue weighted by atomic mass is 9.78. The van der Waals surface area contributed by atoms with Gasteiger partial charge >= 0.3 is 0 Å². The van der Waals surface area contributed by atoms with Crippen molar-refractivity contribution in [2.45, 2.75) is 18.2 Å². The third-order valence-electron chi connectivity index (χ3n) is 2.18. The number of methoxy groups -OCH3 is 1. The number of allylic oxidation sites excluding steroid dienone is 2. The van der Waals surface area contributed by atoms with Crippen molar-refractivity contribution in [2.75, 3.05) is 13.7 Å².